The predicted molar refractivity (Wildman–Crippen MR) is 53.1 cm³/mol. The normalized spacial score (nSPS) is 10.7. The van der Waals surface area contributed by atoms with Gasteiger partial charge in [-0.25, -0.2) is 0 Å². The first-order chi connectivity index (χ1) is 6.72. The predicted octanol–water partition coefficient (Wildman–Crippen LogP) is 1.59. The van der Waals surface area contributed by atoms with Crippen molar-refractivity contribution in [3.05, 3.63) is 45.8 Å². The van der Waals surface area contributed by atoms with Crippen molar-refractivity contribution < 1.29 is 9.52 Å². The summed E-state index contributed by atoms with van der Waals surface area (Å²) in [5.41, 5.74) is 1.74. The van der Waals surface area contributed by atoms with Crippen LogP contribution in [-0.4, -0.2) is 5.11 Å². The molecule has 3 heteroatoms. The summed E-state index contributed by atoms with van der Waals surface area (Å²) >= 11 is 0. The van der Waals surface area contributed by atoms with Gasteiger partial charge in [0, 0.05) is 0 Å². The third kappa shape index (κ3) is 1.32. The molecule has 2 aromatic rings. The van der Waals surface area contributed by atoms with E-state index in [-0.39, 0.29) is 12.0 Å². The molecule has 1 aromatic carbocycles. The van der Waals surface area contributed by atoms with Crippen molar-refractivity contribution in [3.63, 3.8) is 0 Å². The number of aryl methyl sites for hydroxylation is 1. The fourth-order valence-electron chi connectivity index (χ4n) is 1.38. The van der Waals surface area contributed by atoms with E-state index in [1.54, 1.807) is 12.1 Å². The van der Waals surface area contributed by atoms with Gasteiger partial charge in [0.05, 0.1) is 17.6 Å². The van der Waals surface area contributed by atoms with Gasteiger partial charge in [0.1, 0.15) is 11.8 Å². The van der Waals surface area contributed by atoms with Crippen LogP contribution in [0.5, 0.6) is 0 Å². The molecule has 3 nitrogen and oxygen atoms in total. The minimum atomic E-state index is -0.286. The van der Waals surface area contributed by atoms with E-state index in [2.05, 4.69) is 0 Å². The van der Waals surface area contributed by atoms with Crippen LogP contribution < -0.4 is 5.43 Å². The summed E-state index contributed by atoms with van der Waals surface area (Å²) in [6.45, 7) is 1.64. The average molecular weight is 190 g/mol. The van der Waals surface area contributed by atoms with Crippen LogP contribution in [0.3, 0.4) is 0 Å². The van der Waals surface area contributed by atoms with E-state index in [0.717, 1.165) is 5.56 Å². The summed E-state index contributed by atoms with van der Waals surface area (Å²) in [5.74, 6) is 0. The molecule has 1 aromatic heterocycles. The van der Waals surface area contributed by atoms with Gasteiger partial charge in [-0.15, -0.1) is 0 Å². The standard InChI is InChI=1S/C11H10O3/c1-7-2-3-9-10(4-7)14-6-8(5-12)11(9)13/h2-4,6,12H,5H2,1H3. The van der Waals surface area contributed by atoms with Crippen LogP contribution in [0.2, 0.25) is 0 Å². The van der Waals surface area contributed by atoms with Crippen LogP contribution in [0, 0.1) is 6.92 Å². The molecule has 0 bridgehead atoms. The fraction of sp³-hybridized carbons (Fsp3) is 0.182. The summed E-state index contributed by atoms with van der Waals surface area (Å²) in [7, 11) is 0. The highest BCUT2D eigenvalue weighted by Gasteiger charge is 2.05. The van der Waals surface area contributed by atoms with Gasteiger partial charge in [-0.05, 0) is 24.6 Å². The maximum absolute atomic E-state index is 11.7. The summed E-state index contributed by atoms with van der Waals surface area (Å²) in [6.07, 6.45) is 1.31. The lowest BCUT2D eigenvalue weighted by Gasteiger charge is -1.99. The van der Waals surface area contributed by atoms with E-state index in [9.17, 15) is 4.79 Å². The molecule has 2 rings (SSSR count). The molecule has 1 heterocycles. The maximum Gasteiger partial charge on any atom is 0.198 e. The van der Waals surface area contributed by atoms with Crippen LogP contribution in [0.1, 0.15) is 11.1 Å². The zero-order chi connectivity index (χ0) is 10.1. The average Bonchev–Trinajstić information content (AvgIpc) is 2.18. The maximum atomic E-state index is 11.7. The largest absolute Gasteiger partial charge is 0.464 e. The van der Waals surface area contributed by atoms with Gasteiger partial charge >= 0.3 is 0 Å². The Morgan fingerprint density at radius 2 is 2.21 bits per heavy atom. The zero-order valence-electron chi connectivity index (χ0n) is 7.78. The molecule has 0 fully saturated rings. The van der Waals surface area contributed by atoms with E-state index in [1.165, 1.54) is 6.26 Å². The Balaban J connectivity index is 2.84. The fourth-order valence-corrected chi connectivity index (χ4v) is 1.38. The smallest absolute Gasteiger partial charge is 0.198 e. The Hall–Kier alpha value is -1.61. The first-order valence-corrected chi connectivity index (χ1v) is 4.34. The van der Waals surface area contributed by atoms with Gasteiger partial charge in [0.2, 0.25) is 0 Å². The molecule has 0 aliphatic carbocycles. The Kier molecular flexibility index (Phi) is 2.09. The number of aliphatic hydroxyl groups excluding tert-OH is 1. The molecule has 0 aliphatic rings. The Morgan fingerprint density at radius 3 is 2.93 bits per heavy atom. The number of hydrogen-bond acceptors (Lipinski definition) is 3. The SMILES string of the molecule is Cc1ccc2c(=O)c(CO)coc2c1. The summed E-state index contributed by atoms with van der Waals surface area (Å²) in [4.78, 5) is 11.7. The summed E-state index contributed by atoms with van der Waals surface area (Å²) in [6, 6.07) is 5.37. The number of fused-ring (bicyclic) bond motifs is 1. The van der Waals surface area contributed by atoms with Crippen LogP contribution in [0.25, 0.3) is 11.0 Å². The molecule has 0 unspecified atom stereocenters. The molecule has 1 N–H and O–H groups in total. The Labute approximate surface area is 80.6 Å². The highest BCUT2D eigenvalue weighted by Crippen LogP contribution is 2.13. The first-order valence-electron chi connectivity index (χ1n) is 4.34. The molecule has 0 atom stereocenters. The van der Waals surface area contributed by atoms with E-state index >= 15 is 0 Å². The zero-order valence-corrected chi connectivity index (χ0v) is 7.78. The second-order valence-corrected chi connectivity index (χ2v) is 3.25. The number of hydrogen-bond donors (Lipinski definition) is 1. The lowest BCUT2D eigenvalue weighted by atomic mass is 10.1. The van der Waals surface area contributed by atoms with Crippen LogP contribution in [0.4, 0.5) is 0 Å². The molecule has 0 spiro atoms. The van der Waals surface area contributed by atoms with E-state index in [4.69, 9.17) is 9.52 Å². The van der Waals surface area contributed by atoms with E-state index in [1.807, 2.05) is 13.0 Å². The topological polar surface area (TPSA) is 50.4 Å². The second-order valence-electron chi connectivity index (χ2n) is 3.25. The molecule has 72 valence electrons. The van der Waals surface area contributed by atoms with Gasteiger partial charge in [0.25, 0.3) is 0 Å². The van der Waals surface area contributed by atoms with Crippen LogP contribution in [0.15, 0.2) is 33.7 Å². The molecule has 0 radical (unpaired) electrons. The van der Waals surface area contributed by atoms with Gasteiger partial charge in [-0.3, -0.25) is 4.79 Å². The first kappa shape index (κ1) is 8.97. The van der Waals surface area contributed by atoms with E-state index in [0.29, 0.717) is 16.5 Å². The lowest BCUT2D eigenvalue weighted by Crippen LogP contribution is -2.08. The molecular weight excluding hydrogens is 180 g/mol. The van der Waals surface area contributed by atoms with Gasteiger partial charge in [-0.2, -0.15) is 0 Å². The molecule has 0 aliphatic heterocycles. The summed E-state index contributed by atoms with van der Waals surface area (Å²) in [5, 5.41) is 9.39. The third-order valence-corrected chi connectivity index (χ3v) is 2.17. The van der Waals surface area contributed by atoms with Crippen molar-refractivity contribution >= 4 is 11.0 Å². The molecule has 14 heavy (non-hydrogen) atoms. The van der Waals surface area contributed by atoms with Crippen molar-refractivity contribution in [1.29, 1.82) is 0 Å². The van der Waals surface area contributed by atoms with Crippen molar-refractivity contribution in [1.82, 2.24) is 0 Å². The van der Waals surface area contributed by atoms with E-state index < -0.39 is 0 Å². The minimum Gasteiger partial charge on any atom is -0.464 e. The molecular formula is C11H10O3. The van der Waals surface area contributed by atoms with Crippen molar-refractivity contribution in [2.75, 3.05) is 0 Å². The Morgan fingerprint density at radius 1 is 1.43 bits per heavy atom. The molecule has 0 saturated heterocycles. The van der Waals surface area contributed by atoms with Gasteiger partial charge in [-0.1, -0.05) is 6.07 Å². The number of benzene rings is 1. The highest BCUT2D eigenvalue weighted by molar-refractivity contribution is 5.77. The monoisotopic (exact) mass is 190 g/mol. The minimum absolute atomic E-state index is 0.159. The van der Waals surface area contributed by atoms with Crippen molar-refractivity contribution in [3.8, 4) is 0 Å². The van der Waals surface area contributed by atoms with Crippen molar-refractivity contribution in [2.45, 2.75) is 13.5 Å². The van der Waals surface area contributed by atoms with Crippen LogP contribution >= 0.6 is 0 Å². The molecule has 0 saturated carbocycles. The highest BCUT2D eigenvalue weighted by atomic mass is 16.3. The third-order valence-electron chi connectivity index (χ3n) is 2.17. The van der Waals surface area contributed by atoms with Crippen LogP contribution in [-0.2, 0) is 6.61 Å². The lowest BCUT2D eigenvalue weighted by molar-refractivity contribution is 0.277. The second kappa shape index (κ2) is 3.27. The number of rotatable bonds is 1. The van der Waals surface area contributed by atoms with Crippen molar-refractivity contribution in [2.24, 2.45) is 0 Å². The summed E-state index contributed by atoms with van der Waals surface area (Å²) < 4.78 is 5.24. The van der Waals surface area contributed by atoms with Gasteiger partial charge < -0.3 is 9.52 Å². The quantitative estimate of drug-likeness (QED) is 0.742. The van der Waals surface area contributed by atoms with Gasteiger partial charge in [0.15, 0.2) is 5.43 Å². The Bertz CT molecular complexity index is 526. The number of aliphatic hydroxyl groups is 1. The molecule has 0 amide bonds.